The topological polar surface area (TPSA) is 42.7 Å². The third-order valence-electron chi connectivity index (χ3n) is 4.09. The Morgan fingerprint density at radius 3 is 3.17 bits per heavy atom. The first-order valence-corrected chi connectivity index (χ1v) is 6.80. The first-order chi connectivity index (χ1) is 8.79. The van der Waals surface area contributed by atoms with Gasteiger partial charge in [-0.15, -0.1) is 0 Å². The lowest BCUT2D eigenvalue weighted by atomic mass is 9.90. The van der Waals surface area contributed by atoms with Crippen molar-refractivity contribution in [2.45, 2.75) is 32.2 Å². The van der Waals surface area contributed by atoms with Crippen LogP contribution in [0.15, 0.2) is 18.3 Å². The van der Waals surface area contributed by atoms with Crippen LogP contribution in [0, 0.1) is 5.92 Å². The lowest BCUT2D eigenvalue weighted by Gasteiger charge is -2.29. The molecule has 4 nitrogen and oxygen atoms in total. The minimum Gasteiger partial charge on any atom is -0.328 e. The van der Waals surface area contributed by atoms with E-state index in [1.807, 2.05) is 12.3 Å². The summed E-state index contributed by atoms with van der Waals surface area (Å²) in [6.45, 7) is 3.38. The van der Waals surface area contributed by atoms with Crippen molar-refractivity contribution in [3.63, 3.8) is 0 Å². The third-order valence-corrected chi connectivity index (χ3v) is 4.09. The van der Waals surface area contributed by atoms with Gasteiger partial charge in [-0.25, -0.2) is 9.97 Å². The Balaban J connectivity index is 1.96. The molecule has 1 N–H and O–H groups in total. The molecule has 1 aliphatic rings. The SMILES string of the molecule is CCC1CCNC(c2nc3ncccc3n2C)C1. The van der Waals surface area contributed by atoms with E-state index < -0.39 is 0 Å². The molecular weight excluding hydrogens is 224 g/mol. The normalized spacial score (nSPS) is 24.6. The molecule has 2 aromatic heterocycles. The number of hydrogen-bond donors (Lipinski definition) is 1. The second-order valence-electron chi connectivity index (χ2n) is 5.18. The minimum absolute atomic E-state index is 0.378. The number of nitrogens with one attached hydrogen (secondary N) is 1. The van der Waals surface area contributed by atoms with Crippen LogP contribution in [0.25, 0.3) is 11.2 Å². The van der Waals surface area contributed by atoms with E-state index in [-0.39, 0.29) is 0 Å². The molecule has 0 radical (unpaired) electrons. The number of fused-ring (bicyclic) bond motifs is 1. The van der Waals surface area contributed by atoms with E-state index in [1.54, 1.807) is 0 Å². The largest absolute Gasteiger partial charge is 0.328 e. The van der Waals surface area contributed by atoms with Gasteiger partial charge in [-0.1, -0.05) is 13.3 Å². The summed E-state index contributed by atoms with van der Waals surface area (Å²) in [7, 11) is 2.09. The van der Waals surface area contributed by atoms with Crippen LogP contribution < -0.4 is 5.32 Å². The van der Waals surface area contributed by atoms with Gasteiger partial charge < -0.3 is 9.88 Å². The van der Waals surface area contributed by atoms with Crippen LogP contribution in [0.5, 0.6) is 0 Å². The molecule has 4 heteroatoms. The number of piperidine rings is 1. The zero-order valence-corrected chi connectivity index (χ0v) is 11.1. The second kappa shape index (κ2) is 4.69. The van der Waals surface area contributed by atoms with Crippen molar-refractivity contribution in [3.05, 3.63) is 24.2 Å². The molecule has 18 heavy (non-hydrogen) atoms. The molecule has 2 unspecified atom stereocenters. The molecule has 2 atom stereocenters. The van der Waals surface area contributed by atoms with Gasteiger partial charge in [0.2, 0.25) is 0 Å². The van der Waals surface area contributed by atoms with Crippen molar-refractivity contribution >= 4 is 11.2 Å². The van der Waals surface area contributed by atoms with E-state index in [0.717, 1.165) is 29.5 Å². The van der Waals surface area contributed by atoms with Crippen molar-refractivity contribution in [2.75, 3.05) is 6.54 Å². The summed E-state index contributed by atoms with van der Waals surface area (Å²) in [4.78, 5) is 9.03. The van der Waals surface area contributed by atoms with Crippen LogP contribution in [0.3, 0.4) is 0 Å². The van der Waals surface area contributed by atoms with Crippen molar-refractivity contribution in [3.8, 4) is 0 Å². The number of aryl methyl sites for hydroxylation is 1. The zero-order valence-electron chi connectivity index (χ0n) is 11.1. The zero-order chi connectivity index (χ0) is 12.5. The van der Waals surface area contributed by atoms with Crippen LogP contribution in [-0.4, -0.2) is 21.1 Å². The monoisotopic (exact) mass is 244 g/mol. The number of hydrogen-bond acceptors (Lipinski definition) is 3. The van der Waals surface area contributed by atoms with Crippen molar-refractivity contribution in [1.82, 2.24) is 19.9 Å². The molecule has 0 bridgehead atoms. The molecule has 0 saturated carbocycles. The van der Waals surface area contributed by atoms with Gasteiger partial charge in [0, 0.05) is 13.2 Å². The van der Waals surface area contributed by atoms with E-state index >= 15 is 0 Å². The van der Waals surface area contributed by atoms with E-state index in [0.29, 0.717) is 6.04 Å². The van der Waals surface area contributed by atoms with E-state index in [1.165, 1.54) is 19.3 Å². The summed E-state index contributed by atoms with van der Waals surface area (Å²) in [6, 6.07) is 4.43. The van der Waals surface area contributed by atoms with Crippen LogP contribution in [0.2, 0.25) is 0 Å². The Morgan fingerprint density at radius 2 is 2.39 bits per heavy atom. The minimum atomic E-state index is 0.378. The van der Waals surface area contributed by atoms with E-state index in [2.05, 4.69) is 34.9 Å². The molecule has 0 spiro atoms. The van der Waals surface area contributed by atoms with Crippen LogP contribution in [-0.2, 0) is 7.05 Å². The maximum absolute atomic E-state index is 4.69. The summed E-state index contributed by atoms with van der Waals surface area (Å²) >= 11 is 0. The molecular formula is C14H20N4. The van der Waals surface area contributed by atoms with E-state index in [9.17, 15) is 0 Å². The first-order valence-electron chi connectivity index (χ1n) is 6.80. The number of rotatable bonds is 2. The van der Waals surface area contributed by atoms with Crippen molar-refractivity contribution in [1.29, 1.82) is 0 Å². The van der Waals surface area contributed by atoms with Crippen molar-refractivity contribution < 1.29 is 0 Å². The number of nitrogens with zero attached hydrogens (tertiary/aromatic N) is 3. The van der Waals surface area contributed by atoms with Gasteiger partial charge >= 0.3 is 0 Å². The highest BCUT2D eigenvalue weighted by atomic mass is 15.1. The van der Waals surface area contributed by atoms with Gasteiger partial charge in [0.1, 0.15) is 5.82 Å². The predicted octanol–water partition coefficient (Wildman–Crippen LogP) is 2.42. The van der Waals surface area contributed by atoms with Gasteiger partial charge in [0.25, 0.3) is 0 Å². The quantitative estimate of drug-likeness (QED) is 0.882. The Labute approximate surface area is 107 Å². The maximum atomic E-state index is 4.69. The molecule has 3 heterocycles. The summed E-state index contributed by atoms with van der Waals surface area (Å²) in [5.74, 6) is 1.95. The molecule has 1 saturated heterocycles. The molecule has 0 amide bonds. The highest BCUT2D eigenvalue weighted by Crippen LogP contribution is 2.29. The van der Waals surface area contributed by atoms with Crippen LogP contribution >= 0.6 is 0 Å². The Kier molecular flexibility index (Phi) is 3.04. The predicted molar refractivity (Wildman–Crippen MR) is 72.3 cm³/mol. The third kappa shape index (κ3) is 1.90. The lowest BCUT2D eigenvalue weighted by molar-refractivity contribution is 0.288. The Morgan fingerprint density at radius 1 is 1.50 bits per heavy atom. The lowest BCUT2D eigenvalue weighted by Crippen LogP contribution is -2.33. The summed E-state index contributed by atoms with van der Waals surface area (Å²) in [6.07, 6.45) is 5.55. The average molecular weight is 244 g/mol. The smallest absolute Gasteiger partial charge is 0.177 e. The molecule has 0 aromatic carbocycles. The maximum Gasteiger partial charge on any atom is 0.177 e. The Bertz CT molecular complexity index is 546. The van der Waals surface area contributed by atoms with Crippen LogP contribution in [0.4, 0.5) is 0 Å². The van der Waals surface area contributed by atoms with Gasteiger partial charge in [-0.2, -0.15) is 0 Å². The van der Waals surface area contributed by atoms with Gasteiger partial charge in [0.05, 0.1) is 11.6 Å². The molecule has 1 aliphatic heterocycles. The Hall–Kier alpha value is -1.42. The summed E-state index contributed by atoms with van der Waals surface area (Å²) < 4.78 is 2.18. The fourth-order valence-electron chi connectivity index (χ4n) is 2.92. The molecule has 0 aliphatic carbocycles. The number of imidazole rings is 1. The highest BCUT2D eigenvalue weighted by molar-refractivity contribution is 5.71. The van der Waals surface area contributed by atoms with Crippen LogP contribution in [0.1, 0.15) is 38.1 Å². The number of aromatic nitrogens is 3. The van der Waals surface area contributed by atoms with Gasteiger partial charge in [0.15, 0.2) is 5.65 Å². The molecule has 2 aromatic rings. The van der Waals surface area contributed by atoms with Gasteiger partial charge in [-0.05, 0) is 37.4 Å². The standard InChI is InChI=1S/C14H20N4/c1-3-10-6-8-15-11(9-10)14-17-13-12(18(14)2)5-4-7-16-13/h4-5,7,10-11,15H,3,6,8-9H2,1-2H3. The average Bonchev–Trinajstić information content (AvgIpc) is 2.77. The second-order valence-corrected chi connectivity index (χ2v) is 5.18. The molecule has 1 fully saturated rings. The molecule has 3 rings (SSSR count). The number of pyridine rings is 1. The fourth-order valence-corrected chi connectivity index (χ4v) is 2.92. The molecule has 96 valence electrons. The van der Waals surface area contributed by atoms with E-state index in [4.69, 9.17) is 4.98 Å². The van der Waals surface area contributed by atoms with Crippen molar-refractivity contribution in [2.24, 2.45) is 13.0 Å². The first kappa shape index (κ1) is 11.7. The van der Waals surface area contributed by atoms with Gasteiger partial charge in [-0.3, -0.25) is 0 Å². The summed E-state index contributed by atoms with van der Waals surface area (Å²) in [5, 5.41) is 3.59. The fraction of sp³-hybridized carbons (Fsp3) is 0.571. The summed E-state index contributed by atoms with van der Waals surface area (Å²) in [5.41, 5.74) is 1.98. The highest BCUT2D eigenvalue weighted by Gasteiger charge is 2.25.